The number of carboxylic acids is 1. The van der Waals surface area contributed by atoms with Crippen LogP contribution in [0.4, 0.5) is 5.13 Å². The summed E-state index contributed by atoms with van der Waals surface area (Å²) in [6, 6.07) is 2.11. The van der Waals surface area contributed by atoms with Gasteiger partial charge in [-0.3, -0.25) is 0 Å². The topological polar surface area (TPSA) is 77.2 Å². The molecule has 0 bridgehead atoms. The van der Waals surface area contributed by atoms with Crippen molar-refractivity contribution in [3.63, 3.8) is 0 Å². The highest BCUT2D eigenvalue weighted by Crippen LogP contribution is 2.26. The van der Waals surface area contributed by atoms with Crippen LogP contribution in [0.2, 0.25) is 0 Å². The standard InChI is InChI=1S/C10H13N3O2S/c1-6(4-5-11)13(3)10-12-7(2)8(16-10)9(14)15/h6H,4H2,1-3H3,(H,14,15). The molecule has 1 heterocycles. The van der Waals surface area contributed by atoms with Crippen LogP contribution in [0.25, 0.3) is 0 Å². The van der Waals surface area contributed by atoms with Gasteiger partial charge in [0.1, 0.15) is 4.88 Å². The molecule has 1 aromatic heterocycles. The molecular weight excluding hydrogens is 226 g/mol. The van der Waals surface area contributed by atoms with Crippen LogP contribution < -0.4 is 4.90 Å². The lowest BCUT2D eigenvalue weighted by atomic mass is 10.2. The SMILES string of the molecule is Cc1nc(N(C)C(C)CC#N)sc1C(=O)O. The minimum absolute atomic E-state index is 0.0252. The predicted molar refractivity (Wildman–Crippen MR) is 61.9 cm³/mol. The molecule has 5 nitrogen and oxygen atoms in total. The van der Waals surface area contributed by atoms with Gasteiger partial charge in [0.15, 0.2) is 5.13 Å². The second-order valence-corrected chi connectivity index (χ2v) is 4.52. The number of nitriles is 1. The molecule has 0 aliphatic carbocycles. The first-order chi connectivity index (χ1) is 7.47. The van der Waals surface area contributed by atoms with Crippen molar-refractivity contribution in [2.75, 3.05) is 11.9 Å². The molecule has 16 heavy (non-hydrogen) atoms. The van der Waals surface area contributed by atoms with Crippen LogP contribution in [0.5, 0.6) is 0 Å². The zero-order chi connectivity index (χ0) is 12.3. The average molecular weight is 239 g/mol. The summed E-state index contributed by atoms with van der Waals surface area (Å²) in [6.45, 7) is 3.58. The van der Waals surface area contributed by atoms with Gasteiger partial charge in [-0.25, -0.2) is 9.78 Å². The van der Waals surface area contributed by atoms with Gasteiger partial charge in [0.25, 0.3) is 0 Å². The number of nitrogens with zero attached hydrogens (tertiary/aromatic N) is 3. The number of aromatic nitrogens is 1. The monoisotopic (exact) mass is 239 g/mol. The molecule has 0 saturated carbocycles. The number of hydrogen-bond acceptors (Lipinski definition) is 5. The Morgan fingerprint density at radius 2 is 2.38 bits per heavy atom. The van der Waals surface area contributed by atoms with E-state index in [2.05, 4.69) is 11.1 Å². The van der Waals surface area contributed by atoms with Gasteiger partial charge >= 0.3 is 5.97 Å². The molecule has 0 spiro atoms. The quantitative estimate of drug-likeness (QED) is 0.868. The van der Waals surface area contributed by atoms with E-state index in [1.54, 1.807) is 6.92 Å². The second kappa shape index (κ2) is 4.94. The van der Waals surface area contributed by atoms with Crippen LogP contribution in [0, 0.1) is 18.3 Å². The summed E-state index contributed by atoms with van der Waals surface area (Å²) in [6.07, 6.45) is 0.386. The fraction of sp³-hybridized carbons (Fsp3) is 0.500. The van der Waals surface area contributed by atoms with E-state index in [1.165, 1.54) is 0 Å². The molecule has 86 valence electrons. The number of carboxylic acid groups (broad SMARTS) is 1. The zero-order valence-electron chi connectivity index (χ0n) is 9.39. The molecule has 1 unspecified atom stereocenters. The van der Waals surface area contributed by atoms with Gasteiger partial charge in [-0.1, -0.05) is 11.3 Å². The number of thiazole rings is 1. The third-order valence-electron chi connectivity index (χ3n) is 2.33. The minimum Gasteiger partial charge on any atom is -0.477 e. The maximum absolute atomic E-state index is 10.9. The third kappa shape index (κ3) is 2.49. The molecule has 0 aromatic carbocycles. The van der Waals surface area contributed by atoms with Crippen molar-refractivity contribution in [1.29, 1.82) is 5.26 Å². The van der Waals surface area contributed by atoms with Crippen LogP contribution in [0.1, 0.15) is 28.7 Å². The van der Waals surface area contributed by atoms with Crippen molar-refractivity contribution < 1.29 is 9.90 Å². The van der Waals surface area contributed by atoms with Gasteiger partial charge < -0.3 is 10.0 Å². The third-order valence-corrected chi connectivity index (χ3v) is 3.57. The van der Waals surface area contributed by atoms with Crippen molar-refractivity contribution in [2.24, 2.45) is 0 Å². The first-order valence-corrected chi connectivity index (χ1v) is 5.59. The van der Waals surface area contributed by atoms with E-state index in [1.807, 2.05) is 18.9 Å². The van der Waals surface area contributed by atoms with Crippen LogP contribution in [-0.4, -0.2) is 29.1 Å². The Labute approximate surface area is 98.0 Å². The van der Waals surface area contributed by atoms with Gasteiger partial charge in [0.05, 0.1) is 18.2 Å². The lowest BCUT2D eigenvalue weighted by Gasteiger charge is -2.21. The fourth-order valence-corrected chi connectivity index (χ4v) is 2.16. The predicted octanol–water partition coefficient (Wildman–Crippen LogP) is 1.89. The van der Waals surface area contributed by atoms with E-state index >= 15 is 0 Å². The maximum Gasteiger partial charge on any atom is 0.347 e. The zero-order valence-corrected chi connectivity index (χ0v) is 10.2. The first-order valence-electron chi connectivity index (χ1n) is 4.77. The molecule has 6 heteroatoms. The Bertz CT molecular complexity index is 436. The van der Waals surface area contributed by atoms with Crippen molar-refractivity contribution in [3.8, 4) is 6.07 Å². The molecule has 1 rings (SSSR count). The molecular formula is C10H13N3O2S. The first kappa shape index (κ1) is 12.5. The highest BCUT2D eigenvalue weighted by atomic mass is 32.1. The Balaban J connectivity index is 2.93. The molecule has 0 fully saturated rings. The van der Waals surface area contributed by atoms with Crippen LogP contribution in [-0.2, 0) is 0 Å². The summed E-state index contributed by atoms with van der Waals surface area (Å²) in [5.41, 5.74) is 0.517. The number of aryl methyl sites for hydroxylation is 1. The number of rotatable bonds is 4. The maximum atomic E-state index is 10.9. The number of aromatic carboxylic acids is 1. The van der Waals surface area contributed by atoms with Crippen LogP contribution >= 0.6 is 11.3 Å². The van der Waals surface area contributed by atoms with E-state index in [0.717, 1.165) is 11.3 Å². The normalized spacial score (nSPS) is 11.9. The van der Waals surface area contributed by atoms with Crippen molar-refractivity contribution >= 4 is 22.4 Å². The Hall–Kier alpha value is -1.61. The molecule has 0 amide bonds. The summed E-state index contributed by atoms with van der Waals surface area (Å²) < 4.78 is 0. The average Bonchev–Trinajstić information content (AvgIpc) is 2.59. The molecule has 1 aromatic rings. The summed E-state index contributed by atoms with van der Waals surface area (Å²) in [5, 5.41) is 18.1. The van der Waals surface area contributed by atoms with Crippen molar-refractivity contribution in [1.82, 2.24) is 4.98 Å². The van der Waals surface area contributed by atoms with Crippen LogP contribution in [0.3, 0.4) is 0 Å². The van der Waals surface area contributed by atoms with Gasteiger partial charge in [-0.15, -0.1) is 0 Å². The molecule has 1 N–H and O–H groups in total. The van der Waals surface area contributed by atoms with Gasteiger partial charge in [-0.05, 0) is 13.8 Å². The summed E-state index contributed by atoms with van der Waals surface area (Å²) in [7, 11) is 1.81. The Morgan fingerprint density at radius 1 is 1.75 bits per heavy atom. The highest BCUT2D eigenvalue weighted by molar-refractivity contribution is 7.17. The molecule has 1 atom stereocenters. The van der Waals surface area contributed by atoms with Gasteiger partial charge in [0, 0.05) is 13.1 Å². The second-order valence-electron chi connectivity index (χ2n) is 3.54. The number of carbonyl (C=O) groups is 1. The van der Waals surface area contributed by atoms with Crippen molar-refractivity contribution in [2.45, 2.75) is 26.3 Å². The van der Waals surface area contributed by atoms with Crippen molar-refractivity contribution in [3.05, 3.63) is 10.6 Å². The molecule has 0 saturated heterocycles. The smallest absolute Gasteiger partial charge is 0.347 e. The minimum atomic E-state index is -0.956. The van der Waals surface area contributed by atoms with E-state index in [-0.39, 0.29) is 10.9 Å². The van der Waals surface area contributed by atoms with Gasteiger partial charge in [-0.2, -0.15) is 5.26 Å². The van der Waals surface area contributed by atoms with Gasteiger partial charge in [0.2, 0.25) is 0 Å². The number of hydrogen-bond donors (Lipinski definition) is 1. The molecule has 0 aliphatic heterocycles. The fourth-order valence-electron chi connectivity index (χ4n) is 1.19. The lowest BCUT2D eigenvalue weighted by Crippen LogP contribution is -2.28. The lowest BCUT2D eigenvalue weighted by molar-refractivity contribution is 0.0701. The summed E-state index contributed by atoms with van der Waals surface area (Å²) >= 11 is 1.14. The van der Waals surface area contributed by atoms with Crippen LogP contribution in [0.15, 0.2) is 0 Å². The summed E-state index contributed by atoms with van der Waals surface area (Å²) in [4.78, 5) is 17.1. The summed E-state index contributed by atoms with van der Waals surface area (Å²) in [5.74, 6) is -0.956. The largest absolute Gasteiger partial charge is 0.477 e. The highest BCUT2D eigenvalue weighted by Gasteiger charge is 2.18. The Kier molecular flexibility index (Phi) is 3.85. The Morgan fingerprint density at radius 3 is 2.81 bits per heavy atom. The number of anilines is 1. The van der Waals surface area contributed by atoms with E-state index in [9.17, 15) is 4.79 Å². The molecule has 0 aliphatic rings. The van der Waals surface area contributed by atoms with E-state index in [0.29, 0.717) is 17.2 Å². The van der Waals surface area contributed by atoms with E-state index in [4.69, 9.17) is 10.4 Å². The van der Waals surface area contributed by atoms with E-state index < -0.39 is 5.97 Å². The molecule has 0 radical (unpaired) electrons.